The number of aliphatic hydroxyl groups is 4. The van der Waals surface area contributed by atoms with E-state index in [4.69, 9.17) is 14.2 Å². The first-order valence-corrected chi connectivity index (χ1v) is 21.6. The second-order valence-corrected chi connectivity index (χ2v) is 15.8. The van der Waals surface area contributed by atoms with Crippen LogP contribution in [0.4, 0.5) is 0 Å². The molecule has 1 aliphatic rings. The van der Waals surface area contributed by atoms with E-state index in [1.54, 1.807) is 12.2 Å². The van der Waals surface area contributed by atoms with E-state index in [2.05, 4.69) is 20.8 Å². The van der Waals surface area contributed by atoms with E-state index in [0.717, 1.165) is 44.4 Å². The Morgan fingerprint density at radius 1 is 0.755 bits per heavy atom. The predicted molar refractivity (Wildman–Crippen MR) is 213 cm³/mol. The van der Waals surface area contributed by atoms with Crippen molar-refractivity contribution in [1.82, 2.24) is 0 Å². The second kappa shape index (κ2) is 33.5. The Labute approximate surface area is 323 Å². The van der Waals surface area contributed by atoms with Crippen LogP contribution in [0.1, 0.15) is 188 Å². The zero-order valence-electron chi connectivity index (χ0n) is 34.0. The van der Waals surface area contributed by atoms with Crippen LogP contribution in [0.5, 0.6) is 0 Å². The molecule has 0 aromatic rings. The van der Waals surface area contributed by atoms with Crippen LogP contribution < -0.4 is 0 Å². The quantitative estimate of drug-likeness (QED) is 0.0287. The molecule has 4 N–H and O–H groups in total. The zero-order valence-corrected chi connectivity index (χ0v) is 34.0. The van der Waals surface area contributed by atoms with Crippen LogP contribution in [0, 0.1) is 11.8 Å². The largest absolute Gasteiger partial charge is 0.462 e. The molecule has 1 unspecified atom stereocenters. The first-order valence-electron chi connectivity index (χ1n) is 21.6. The average Bonchev–Trinajstić information content (AvgIpc) is 3.12. The number of rotatable bonds is 34. The first kappa shape index (κ1) is 49.2. The van der Waals surface area contributed by atoms with Crippen molar-refractivity contribution in [2.24, 2.45) is 11.8 Å². The van der Waals surface area contributed by atoms with Gasteiger partial charge in [-0.05, 0) is 38.0 Å². The van der Waals surface area contributed by atoms with Crippen molar-refractivity contribution >= 4 is 11.9 Å². The van der Waals surface area contributed by atoms with E-state index in [1.165, 1.54) is 83.5 Å². The van der Waals surface area contributed by atoms with Crippen LogP contribution in [0.2, 0.25) is 0 Å². The summed E-state index contributed by atoms with van der Waals surface area (Å²) in [5.41, 5.74) is 0. The van der Waals surface area contributed by atoms with Gasteiger partial charge in [-0.15, -0.1) is 0 Å². The lowest BCUT2D eigenvalue weighted by Crippen LogP contribution is -2.43. The van der Waals surface area contributed by atoms with E-state index in [9.17, 15) is 30.0 Å². The van der Waals surface area contributed by atoms with Crippen LogP contribution in [0.3, 0.4) is 0 Å². The molecular formula is C44H80O9. The molecular weight excluding hydrogens is 672 g/mol. The summed E-state index contributed by atoms with van der Waals surface area (Å²) in [5.74, 6) is -0.203. The lowest BCUT2D eigenvalue weighted by Gasteiger charge is -2.36. The molecule has 0 bridgehead atoms. The van der Waals surface area contributed by atoms with Gasteiger partial charge in [0, 0.05) is 25.2 Å². The van der Waals surface area contributed by atoms with Gasteiger partial charge in [0.25, 0.3) is 0 Å². The second-order valence-electron chi connectivity index (χ2n) is 15.8. The van der Waals surface area contributed by atoms with Crippen molar-refractivity contribution in [3.8, 4) is 0 Å². The van der Waals surface area contributed by atoms with Gasteiger partial charge in [-0.2, -0.15) is 0 Å². The molecule has 0 spiro atoms. The first-order chi connectivity index (χ1) is 25.7. The highest BCUT2D eigenvalue weighted by molar-refractivity contribution is 5.70. The third kappa shape index (κ3) is 28.3. The maximum Gasteiger partial charge on any atom is 0.306 e. The number of carbonyl (C=O) groups is 2. The average molecular weight is 753 g/mol. The molecule has 0 aliphatic carbocycles. The Balaban J connectivity index is 2.09. The zero-order chi connectivity index (χ0) is 38.9. The number of hydrogen-bond acceptors (Lipinski definition) is 9. The highest BCUT2D eigenvalue weighted by Gasteiger charge is 2.35. The van der Waals surface area contributed by atoms with Gasteiger partial charge in [-0.25, -0.2) is 0 Å². The van der Waals surface area contributed by atoms with Crippen molar-refractivity contribution < 1.29 is 44.2 Å². The summed E-state index contributed by atoms with van der Waals surface area (Å²) in [7, 11) is 0. The summed E-state index contributed by atoms with van der Waals surface area (Å²) in [6.07, 6.45) is 30.1. The van der Waals surface area contributed by atoms with Crippen molar-refractivity contribution in [3.63, 3.8) is 0 Å². The lowest BCUT2D eigenvalue weighted by molar-refractivity contribution is -0.199. The highest BCUT2D eigenvalue weighted by atomic mass is 16.6. The van der Waals surface area contributed by atoms with Gasteiger partial charge in [-0.1, -0.05) is 161 Å². The third-order valence-corrected chi connectivity index (χ3v) is 10.2. The van der Waals surface area contributed by atoms with Crippen molar-refractivity contribution in [2.45, 2.75) is 218 Å². The number of unbranched alkanes of at least 4 members (excludes halogenated alkanes) is 17. The summed E-state index contributed by atoms with van der Waals surface area (Å²) in [4.78, 5) is 24.5. The van der Waals surface area contributed by atoms with E-state index in [-0.39, 0.29) is 31.3 Å². The molecule has 1 heterocycles. The Bertz CT molecular complexity index is 936. The standard InChI is InChI=1S/C44H80O9/c1-4-5-21-27-37(46)31-32-41-39(40(47)33-44(50)53-41)28-23-19-20-25-30-43(49)52-38(34-45)35-51-42(48)29-24-18-16-14-12-10-8-6-7-9-11-13-15-17-22-26-36(2)3/h19,23,31-32,36-41,44-47,50H,4-18,20-22,24-30,33-35H2,1-3H3/b23-19-,32-31+/t37-,38-,39-,40-,41+,44?/m0/s1. The molecule has 6 atom stereocenters. The van der Waals surface area contributed by atoms with Crippen LogP contribution >= 0.6 is 0 Å². The summed E-state index contributed by atoms with van der Waals surface area (Å²) in [6.45, 7) is 6.17. The molecule has 9 heteroatoms. The Kier molecular flexibility index (Phi) is 31.2. The van der Waals surface area contributed by atoms with Crippen molar-refractivity contribution in [3.05, 3.63) is 24.3 Å². The number of allylic oxidation sites excluding steroid dienone is 2. The monoisotopic (exact) mass is 753 g/mol. The third-order valence-electron chi connectivity index (χ3n) is 10.2. The minimum Gasteiger partial charge on any atom is -0.462 e. The fourth-order valence-electron chi connectivity index (χ4n) is 6.84. The van der Waals surface area contributed by atoms with Gasteiger partial charge < -0.3 is 34.6 Å². The number of hydrogen-bond donors (Lipinski definition) is 4. The number of esters is 2. The summed E-state index contributed by atoms with van der Waals surface area (Å²) >= 11 is 0. The maximum atomic E-state index is 12.3. The Morgan fingerprint density at radius 3 is 1.91 bits per heavy atom. The molecule has 0 amide bonds. The molecule has 0 aromatic carbocycles. The number of aliphatic hydroxyl groups excluding tert-OH is 4. The molecule has 1 rings (SSSR count). The number of ether oxygens (including phenoxy) is 3. The molecule has 53 heavy (non-hydrogen) atoms. The predicted octanol–water partition coefficient (Wildman–Crippen LogP) is 9.42. The van der Waals surface area contributed by atoms with Crippen LogP contribution in [-0.2, 0) is 23.8 Å². The molecule has 0 radical (unpaired) electrons. The van der Waals surface area contributed by atoms with Gasteiger partial charge in [-0.3, -0.25) is 9.59 Å². The van der Waals surface area contributed by atoms with Crippen molar-refractivity contribution in [2.75, 3.05) is 13.2 Å². The summed E-state index contributed by atoms with van der Waals surface area (Å²) in [6, 6.07) is 0. The van der Waals surface area contributed by atoms with Gasteiger partial charge in [0.2, 0.25) is 0 Å². The minimum atomic E-state index is -1.05. The smallest absolute Gasteiger partial charge is 0.306 e. The van der Waals surface area contributed by atoms with E-state index in [1.807, 2.05) is 12.2 Å². The fourth-order valence-corrected chi connectivity index (χ4v) is 6.84. The van der Waals surface area contributed by atoms with Gasteiger partial charge >= 0.3 is 11.9 Å². The SMILES string of the molecule is CCCCC[C@H](O)/C=C/[C@H]1OC(O)C[C@H](O)[C@@H]1C/C=C\CCCC(=O)O[C@@H](CO)COC(=O)CCCCCCCCCCCCCCCCCC(C)C. The molecule has 0 aromatic heterocycles. The lowest BCUT2D eigenvalue weighted by atomic mass is 9.87. The molecule has 1 fully saturated rings. The summed E-state index contributed by atoms with van der Waals surface area (Å²) in [5, 5.41) is 40.4. The maximum absolute atomic E-state index is 12.3. The van der Waals surface area contributed by atoms with Crippen molar-refractivity contribution in [1.29, 1.82) is 0 Å². The fraction of sp³-hybridized carbons (Fsp3) is 0.864. The van der Waals surface area contributed by atoms with Gasteiger partial charge in [0.15, 0.2) is 12.4 Å². The molecule has 1 aliphatic heterocycles. The van der Waals surface area contributed by atoms with Gasteiger partial charge in [0.1, 0.15) is 6.61 Å². The topological polar surface area (TPSA) is 143 Å². The van der Waals surface area contributed by atoms with E-state index < -0.39 is 43.3 Å². The van der Waals surface area contributed by atoms with Crippen LogP contribution in [0.25, 0.3) is 0 Å². The molecule has 0 saturated carbocycles. The minimum absolute atomic E-state index is 0.133. The van der Waals surface area contributed by atoms with Crippen LogP contribution in [0.15, 0.2) is 24.3 Å². The van der Waals surface area contributed by atoms with Crippen LogP contribution in [-0.4, -0.2) is 76.3 Å². The number of carbonyl (C=O) groups excluding carboxylic acids is 2. The van der Waals surface area contributed by atoms with E-state index >= 15 is 0 Å². The molecule has 1 saturated heterocycles. The Morgan fingerprint density at radius 2 is 1.32 bits per heavy atom. The molecule has 9 nitrogen and oxygen atoms in total. The Hall–Kier alpha value is -1.78. The summed E-state index contributed by atoms with van der Waals surface area (Å²) < 4.78 is 16.2. The van der Waals surface area contributed by atoms with E-state index in [0.29, 0.717) is 32.1 Å². The normalized spacial score (nSPS) is 20.4. The highest BCUT2D eigenvalue weighted by Crippen LogP contribution is 2.29. The molecule has 310 valence electrons. The van der Waals surface area contributed by atoms with Gasteiger partial charge in [0.05, 0.1) is 24.9 Å².